The van der Waals surface area contributed by atoms with Crippen LogP contribution >= 0.6 is 0 Å². The van der Waals surface area contributed by atoms with Crippen LogP contribution in [0.15, 0.2) is 30.3 Å². The van der Waals surface area contributed by atoms with Gasteiger partial charge in [0.2, 0.25) is 0 Å². The van der Waals surface area contributed by atoms with E-state index in [9.17, 15) is 4.79 Å². The number of rotatable bonds is 14. The first-order valence-corrected chi connectivity index (χ1v) is 10.4. The molecular formula is C22H33N3O2. The highest BCUT2D eigenvalue weighted by Crippen LogP contribution is 2.16. The summed E-state index contributed by atoms with van der Waals surface area (Å²) in [7, 11) is 0. The topological polar surface area (TPSA) is 68.0 Å². The van der Waals surface area contributed by atoms with Gasteiger partial charge in [-0.15, -0.1) is 5.10 Å². The minimum absolute atomic E-state index is 0.318. The van der Waals surface area contributed by atoms with E-state index >= 15 is 0 Å². The summed E-state index contributed by atoms with van der Waals surface area (Å²) in [5, 5.41) is 17.2. The van der Waals surface area contributed by atoms with Crippen LogP contribution in [0.5, 0.6) is 0 Å². The number of aromatic nitrogens is 3. The van der Waals surface area contributed by atoms with Gasteiger partial charge in [-0.3, -0.25) is 4.79 Å². The molecule has 1 heterocycles. The Morgan fingerprint density at radius 1 is 0.889 bits per heavy atom. The SMILES string of the molecule is Cc1nnn(-c2ccccc2)c1CCCCCCCCCCCCC(=O)O. The van der Waals surface area contributed by atoms with E-state index in [0.717, 1.165) is 30.6 Å². The highest BCUT2D eigenvalue weighted by atomic mass is 16.4. The third-order valence-electron chi connectivity index (χ3n) is 5.01. The van der Waals surface area contributed by atoms with Crippen LogP contribution < -0.4 is 0 Å². The van der Waals surface area contributed by atoms with Gasteiger partial charge in [-0.05, 0) is 38.3 Å². The van der Waals surface area contributed by atoms with E-state index in [1.54, 1.807) is 0 Å². The molecular weight excluding hydrogens is 338 g/mol. The number of aryl methyl sites for hydroxylation is 1. The van der Waals surface area contributed by atoms with Gasteiger partial charge in [-0.2, -0.15) is 0 Å². The second-order valence-corrected chi connectivity index (χ2v) is 7.30. The Morgan fingerprint density at radius 2 is 1.44 bits per heavy atom. The highest BCUT2D eigenvalue weighted by molar-refractivity contribution is 5.66. The monoisotopic (exact) mass is 371 g/mol. The summed E-state index contributed by atoms with van der Waals surface area (Å²) in [5.41, 5.74) is 3.33. The Hall–Kier alpha value is -2.17. The third-order valence-corrected chi connectivity index (χ3v) is 5.01. The van der Waals surface area contributed by atoms with Crippen LogP contribution in [0.25, 0.3) is 5.69 Å². The second kappa shape index (κ2) is 12.3. The molecule has 0 amide bonds. The second-order valence-electron chi connectivity index (χ2n) is 7.30. The molecule has 0 atom stereocenters. The summed E-state index contributed by atoms with van der Waals surface area (Å²) in [6.45, 7) is 2.04. The number of benzene rings is 1. The van der Waals surface area contributed by atoms with Gasteiger partial charge in [0.25, 0.3) is 0 Å². The zero-order chi connectivity index (χ0) is 19.3. The van der Waals surface area contributed by atoms with Gasteiger partial charge in [0.05, 0.1) is 17.1 Å². The Bertz CT molecular complexity index is 667. The molecule has 1 N–H and O–H groups in total. The third kappa shape index (κ3) is 7.94. The zero-order valence-corrected chi connectivity index (χ0v) is 16.6. The van der Waals surface area contributed by atoms with Crippen LogP contribution in [0.1, 0.15) is 82.0 Å². The van der Waals surface area contributed by atoms with Crippen molar-refractivity contribution in [3.8, 4) is 5.69 Å². The van der Waals surface area contributed by atoms with Gasteiger partial charge in [-0.1, -0.05) is 74.8 Å². The number of carbonyl (C=O) groups is 1. The van der Waals surface area contributed by atoms with E-state index < -0.39 is 5.97 Å². The molecule has 148 valence electrons. The van der Waals surface area contributed by atoms with Crippen LogP contribution in [0.2, 0.25) is 0 Å². The number of aliphatic carboxylic acids is 1. The maximum atomic E-state index is 10.4. The maximum absolute atomic E-state index is 10.4. The molecule has 0 radical (unpaired) electrons. The smallest absolute Gasteiger partial charge is 0.303 e. The summed E-state index contributed by atoms with van der Waals surface area (Å²) in [5.74, 6) is -0.673. The number of carboxylic acids is 1. The van der Waals surface area contributed by atoms with Crippen LogP contribution in [-0.2, 0) is 11.2 Å². The number of unbranched alkanes of at least 4 members (excludes halogenated alkanes) is 9. The van der Waals surface area contributed by atoms with Crippen molar-refractivity contribution >= 4 is 5.97 Å². The van der Waals surface area contributed by atoms with Crippen LogP contribution in [0.3, 0.4) is 0 Å². The average molecular weight is 372 g/mol. The largest absolute Gasteiger partial charge is 0.481 e. The molecule has 2 aromatic rings. The van der Waals surface area contributed by atoms with Crippen molar-refractivity contribution in [1.29, 1.82) is 0 Å². The minimum Gasteiger partial charge on any atom is -0.481 e. The minimum atomic E-state index is -0.673. The molecule has 0 aliphatic rings. The molecule has 0 saturated carbocycles. The summed E-state index contributed by atoms with van der Waals surface area (Å²) in [4.78, 5) is 10.4. The van der Waals surface area contributed by atoms with Gasteiger partial charge >= 0.3 is 5.97 Å². The Morgan fingerprint density at radius 3 is 2.04 bits per heavy atom. The van der Waals surface area contributed by atoms with E-state index in [4.69, 9.17) is 5.11 Å². The molecule has 0 saturated heterocycles. The molecule has 5 heteroatoms. The standard InChI is InChI=1S/C22H33N3O2/c1-19-21(25(24-23-19)20-15-11-10-12-16-20)17-13-8-6-4-2-3-5-7-9-14-18-22(26)27/h10-12,15-16H,2-9,13-14,17-18H2,1H3,(H,26,27). The maximum Gasteiger partial charge on any atom is 0.303 e. The lowest BCUT2D eigenvalue weighted by Crippen LogP contribution is -2.03. The van der Waals surface area contributed by atoms with Crippen LogP contribution in [0, 0.1) is 6.92 Å². The molecule has 0 fully saturated rings. The molecule has 0 unspecified atom stereocenters. The lowest BCUT2D eigenvalue weighted by Gasteiger charge is -2.07. The van der Waals surface area contributed by atoms with E-state index in [1.165, 1.54) is 57.1 Å². The average Bonchev–Trinajstić information content (AvgIpc) is 3.03. The fraction of sp³-hybridized carbons (Fsp3) is 0.591. The molecule has 1 aromatic heterocycles. The summed E-state index contributed by atoms with van der Waals surface area (Å²) >= 11 is 0. The summed E-state index contributed by atoms with van der Waals surface area (Å²) in [6, 6.07) is 10.2. The number of hydrogen-bond acceptors (Lipinski definition) is 3. The molecule has 0 bridgehead atoms. The van der Waals surface area contributed by atoms with Crippen molar-refractivity contribution in [3.63, 3.8) is 0 Å². The predicted octanol–water partition coefficient (Wildman–Crippen LogP) is 5.49. The van der Waals surface area contributed by atoms with E-state index in [-0.39, 0.29) is 0 Å². The first-order valence-electron chi connectivity index (χ1n) is 10.4. The summed E-state index contributed by atoms with van der Waals surface area (Å²) in [6.07, 6.45) is 13.2. The molecule has 0 aliphatic heterocycles. The quantitative estimate of drug-likeness (QED) is 0.446. The fourth-order valence-electron chi connectivity index (χ4n) is 3.42. The van der Waals surface area contributed by atoms with Crippen LogP contribution in [-0.4, -0.2) is 26.1 Å². The molecule has 0 aliphatic carbocycles. The van der Waals surface area contributed by atoms with Crippen molar-refractivity contribution in [1.82, 2.24) is 15.0 Å². The summed E-state index contributed by atoms with van der Waals surface area (Å²) < 4.78 is 1.97. The Balaban J connectivity index is 1.54. The molecule has 0 spiro atoms. The van der Waals surface area contributed by atoms with E-state index in [1.807, 2.05) is 29.8 Å². The van der Waals surface area contributed by atoms with Gasteiger partial charge in [0.1, 0.15) is 0 Å². The number of carboxylic acid groups (broad SMARTS) is 1. The van der Waals surface area contributed by atoms with Crippen molar-refractivity contribution in [2.75, 3.05) is 0 Å². The van der Waals surface area contributed by atoms with Gasteiger partial charge < -0.3 is 5.11 Å². The molecule has 5 nitrogen and oxygen atoms in total. The Kier molecular flexibility index (Phi) is 9.60. The predicted molar refractivity (Wildman–Crippen MR) is 108 cm³/mol. The van der Waals surface area contributed by atoms with Gasteiger partial charge in [-0.25, -0.2) is 4.68 Å². The number of hydrogen-bond donors (Lipinski definition) is 1. The van der Waals surface area contributed by atoms with Crippen molar-refractivity contribution in [2.24, 2.45) is 0 Å². The van der Waals surface area contributed by atoms with Crippen LogP contribution in [0.4, 0.5) is 0 Å². The van der Waals surface area contributed by atoms with Crippen molar-refractivity contribution in [3.05, 3.63) is 41.7 Å². The zero-order valence-electron chi connectivity index (χ0n) is 16.6. The fourth-order valence-corrected chi connectivity index (χ4v) is 3.42. The molecule has 1 aromatic carbocycles. The lowest BCUT2D eigenvalue weighted by atomic mass is 10.0. The van der Waals surface area contributed by atoms with Gasteiger partial charge in [0.15, 0.2) is 0 Å². The first kappa shape index (κ1) is 21.1. The molecule has 2 rings (SSSR count). The molecule has 27 heavy (non-hydrogen) atoms. The normalized spacial score (nSPS) is 11.0. The Labute approximate surface area is 162 Å². The first-order chi connectivity index (χ1) is 13.2. The number of nitrogens with zero attached hydrogens (tertiary/aromatic N) is 3. The van der Waals surface area contributed by atoms with E-state index in [2.05, 4.69) is 22.4 Å². The van der Waals surface area contributed by atoms with Crippen molar-refractivity contribution < 1.29 is 9.90 Å². The highest BCUT2D eigenvalue weighted by Gasteiger charge is 2.10. The number of para-hydroxylation sites is 1. The van der Waals surface area contributed by atoms with Gasteiger partial charge in [0, 0.05) is 6.42 Å². The lowest BCUT2D eigenvalue weighted by molar-refractivity contribution is -0.137. The van der Waals surface area contributed by atoms with E-state index in [0.29, 0.717) is 6.42 Å². The van der Waals surface area contributed by atoms with Crippen molar-refractivity contribution in [2.45, 2.75) is 84.0 Å².